The van der Waals surface area contributed by atoms with E-state index >= 15 is 0 Å². The fraction of sp³-hybridized carbons (Fsp3) is 0.545. The molecule has 1 saturated heterocycles. The van der Waals surface area contributed by atoms with Crippen molar-refractivity contribution in [1.29, 1.82) is 0 Å². The second-order valence-electron chi connectivity index (χ2n) is 4.61. The van der Waals surface area contributed by atoms with E-state index in [2.05, 4.69) is 10.2 Å². The number of hydrogen-bond acceptors (Lipinski definition) is 3. The lowest BCUT2D eigenvalue weighted by molar-refractivity contribution is -0.139. The van der Waals surface area contributed by atoms with Gasteiger partial charge in [0.05, 0.1) is 19.2 Å². The van der Waals surface area contributed by atoms with Crippen LogP contribution >= 0.6 is 0 Å². The number of likely N-dealkylation sites (tertiary alicyclic amines) is 1. The summed E-state index contributed by atoms with van der Waals surface area (Å²) in [6.07, 6.45) is 3.55. The van der Waals surface area contributed by atoms with E-state index in [1.54, 1.807) is 29.2 Å². The molecule has 1 aliphatic rings. The SMILES string of the molecule is CN(Cc1cn[nH]c1)C(=O)N1CC(CC(=O)O)C1. The van der Waals surface area contributed by atoms with E-state index in [-0.39, 0.29) is 18.4 Å². The summed E-state index contributed by atoms with van der Waals surface area (Å²) in [5.41, 5.74) is 0.938. The molecule has 1 fully saturated rings. The number of nitrogens with one attached hydrogen (secondary N) is 1. The van der Waals surface area contributed by atoms with Crippen LogP contribution in [0.4, 0.5) is 4.79 Å². The van der Waals surface area contributed by atoms with Gasteiger partial charge in [0.25, 0.3) is 0 Å². The molecule has 0 bridgehead atoms. The Balaban J connectivity index is 1.77. The third kappa shape index (κ3) is 2.79. The molecule has 7 nitrogen and oxygen atoms in total. The lowest BCUT2D eigenvalue weighted by Crippen LogP contribution is -2.54. The zero-order chi connectivity index (χ0) is 13.1. The molecule has 1 aliphatic heterocycles. The average Bonchev–Trinajstić information content (AvgIpc) is 2.74. The highest BCUT2D eigenvalue weighted by Gasteiger charge is 2.33. The molecule has 98 valence electrons. The third-order valence-electron chi connectivity index (χ3n) is 2.99. The largest absolute Gasteiger partial charge is 0.481 e. The van der Waals surface area contributed by atoms with E-state index < -0.39 is 5.97 Å². The van der Waals surface area contributed by atoms with Crippen LogP contribution in [0, 0.1) is 5.92 Å². The minimum atomic E-state index is -0.807. The quantitative estimate of drug-likeness (QED) is 0.810. The van der Waals surface area contributed by atoms with Gasteiger partial charge in [0.2, 0.25) is 0 Å². The standard InChI is InChI=1S/C11H16N4O3/c1-14(5-9-3-12-13-4-9)11(18)15-6-8(7-15)2-10(16)17/h3-4,8H,2,5-7H2,1H3,(H,12,13)(H,16,17). The Morgan fingerprint density at radius 1 is 1.61 bits per heavy atom. The van der Waals surface area contributed by atoms with Crippen LogP contribution in [-0.4, -0.2) is 57.2 Å². The molecule has 2 amide bonds. The van der Waals surface area contributed by atoms with Crippen LogP contribution in [0.25, 0.3) is 0 Å². The summed E-state index contributed by atoms with van der Waals surface area (Å²) in [6.45, 7) is 1.55. The lowest BCUT2D eigenvalue weighted by atomic mass is 9.97. The van der Waals surface area contributed by atoms with Crippen LogP contribution in [-0.2, 0) is 11.3 Å². The number of carbonyl (C=O) groups excluding carboxylic acids is 1. The Kier molecular flexibility index (Phi) is 3.50. The highest BCUT2D eigenvalue weighted by atomic mass is 16.4. The van der Waals surface area contributed by atoms with Gasteiger partial charge < -0.3 is 14.9 Å². The normalized spacial score (nSPS) is 15.3. The van der Waals surface area contributed by atoms with Crippen molar-refractivity contribution in [2.75, 3.05) is 20.1 Å². The van der Waals surface area contributed by atoms with Crippen LogP contribution in [0.3, 0.4) is 0 Å². The molecule has 0 saturated carbocycles. The highest BCUT2D eigenvalue weighted by Crippen LogP contribution is 2.20. The number of aromatic nitrogens is 2. The van der Waals surface area contributed by atoms with Crippen LogP contribution in [0.15, 0.2) is 12.4 Å². The summed E-state index contributed by atoms with van der Waals surface area (Å²) in [6, 6.07) is -0.0714. The van der Waals surface area contributed by atoms with Gasteiger partial charge in [0.15, 0.2) is 0 Å². The van der Waals surface area contributed by atoms with Gasteiger partial charge in [-0.2, -0.15) is 5.10 Å². The second-order valence-corrected chi connectivity index (χ2v) is 4.61. The van der Waals surface area contributed by atoms with E-state index in [1.165, 1.54) is 0 Å². The number of carbonyl (C=O) groups is 2. The topological polar surface area (TPSA) is 89.5 Å². The van der Waals surface area contributed by atoms with E-state index in [1.807, 2.05) is 0 Å². The second kappa shape index (κ2) is 5.07. The monoisotopic (exact) mass is 252 g/mol. The first kappa shape index (κ1) is 12.4. The van der Waals surface area contributed by atoms with Gasteiger partial charge in [-0.25, -0.2) is 4.79 Å². The van der Waals surface area contributed by atoms with Crippen molar-refractivity contribution in [2.24, 2.45) is 5.92 Å². The molecule has 18 heavy (non-hydrogen) atoms. The summed E-state index contributed by atoms with van der Waals surface area (Å²) in [7, 11) is 1.72. The molecule has 0 unspecified atom stereocenters. The van der Waals surface area contributed by atoms with Gasteiger partial charge in [-0.1, -0.05) is 0 Å². The average molecular weight is 252 g/mol. The van der Waals surface area contributed by atoms with Crippen LogP contribution in [0.1, 0.15) is 12.0 Å². The number of hydrogen-bond donors (Lipinski definition) is 2. The Hall–Kier alpha value is -2.05. The molecule has 2 N–H and O–H groups in total. The van der Waals surface area contributed by atoms with Crippen LogP contribution < -0.4 is 0 Å². The number of amides is 2. The molecule has 1 aromatic rings. The molecule has 2 rings (SSSR count). The molecule has 7 heteroatoms. The number of carboxylic acids is 1. The van der Waals surface area contributed by atoms with Crippen LogP contribution in [0.5, 0.6) is 0 Å². The maximum Gasteiger partial charge on any atom is 0.320 e. The van der Waals surface area contributed by atoms with Crippen LogP contribution in [0.2, 0.25) is 0 Å². The molecule has 0 radical (unpaired) electrons. The van der Waals surface area contributed by atoms with E-state index in [4.69, 9.17) is 5.11 Å². The lowest BCUT2D eigenvalue weighted by Gasteiger charge is -2.40. The van der Waals surface area contributed by atoms with Crippen molar-refractivity contribution in [1.82, 2.24) is 20.0 Å². The first-order valence-electron chi connectivity index (χ1n) is 5.75. The number of urea groups is 1. The number of aromatic amines is 1. The molecule has 0 atom stereocenters. The van der Waals surface area contributed by atoms with Crippen molar-refractivity contribution in [3.8, 4) is 0 Å². The number of rotatable bonds is 4. The van der Waals surface area contributed by atoms with E-state index in [0.717, 1.165) is 5.56 Å². The molecule has 0 aromatic carbocycles. The fourth-order valence-electron chi connectivity index (χ4n) is 2.05. The van der Waals surface area contributed by atoms with E-state index in [9.17, 15) is 9.59 Å². The van der Waals surface area contributed by atoms with Gasteiger partial charge >= 0.3 is 12.0 Å². The highest BCUT2D eigenvalue weighted by molar-refractivity contribution is 5.75. The molecule has 1 aromatic heterocycles. The minimum Gasteiger partial charge on any atom is -0.481 e. The van der Waals surface area contributed by atoms with Crippen molar-refractivity contribution in [3.63, 3.8) is 0 Å². The maximum atomic E-state index is 12.0. The first-order chi connectivity index (χ1) is 8.56. The Labute approximate surface area is 104 Å². The summed E-state index contributed by atoms with van der Waals surface area (Å²) >= 11 is 0. The van der Waals surface area contributed by atoms with Gasteiger partial charge in [-0.15, -0.1) is 0 Å². The van der Waals surface area contributed by atoms with Gasteiger partial charge in [0.1, 0.15) is 0 Å². The summed E-state index contributed by atoms with van der Waals surface area (Å²) in [5.74, 6) is -0.715. The van der Waals surface area contributed by atoms with Crippen molar-refractivity contribution >= 4 is 12.0 Å². The molecule has 2 heterocycles. The number of H-pyrrole nitrogens is 1. The zero-order valence-electron chi connectivity index (χ0n) is 10.2. The summed E-state index contributed by atoms with van der Waals surface area (Å²) in [4.78, 5) is 25.7. The number of nitrogens with zero attached hydrogens (tertiary/aromatic N) is 3. The molecular formula is C11H16N4O3. The molecule has 0 aliphatic carbocycles. The third-order valence-corrected chi connectivity index (χ3v) is 2.99. The van der Waals surface area contributed by atoms with Crippen molar-refractivity contribution in [2.45, 2.75) is 13.0 Å². The predicted octanol–water partition coefficient (Wildman–Crippen LogP) is 0.368. The fourth-order valence-corrected chi connectivity index (χ4v) is 2.05. The van der Waals surface area contributed by atoms with Crippen molar-refractivity contribution in [3.05, 3.63) is 18.0 Å². The molecular weight excluding hydrogens is 236 g/mol. The maximum absolute atomic E-state index is 12.0. The summed E-state index contributed by atoms with van der Waals surface area (Å²) in [5, 5.41) is 15.1. The van der Waals surface area contributed by atoms with E-state index in [0.29, 0.717) is 19.6 Å². The van der Waals surface area contributed by atoms with Gasteiger partial charge in [-0.05, 0) is 0 Å². The predicted molar refractivity (Wildman–Crippen MR) is 62.8 cm³/mol. The number of aliphatic carboxylic acids is 1. The smallest absolute Gasteiger partial charge is 0.320 e. The molecule has 0 spiro atoms. The van der Waals surface area contributed by atoms with Gasteiger partial charge in [0, 0.05) is 37.8 Å². The van der Waals surface area contributed by atoms with Gasteiger partial charge in [-0.3, -0.25) is 9.89 Å². The van der Waals surface area contributed by atoms with Crippen molar-refractivity contribution < 1.29 is 14.7 Å². The minimum absolute atomic E-state index is 0.0714. The Bertz CT molecular complexity index is 426. The zero-order valence-corrected chi connectivity index (χ0v) is 10.2. The first-order valence-corrected chi connectivity index (χ1v) is 5.75. The summed E-state index contributed by atoms with van der Waals surface area (Å²) < 4.78 is 0. The Morgan fingerprint density at radius 3 is 2.89 bits per heavy atom. The number of carboxylic acid groups (broad SMARTS) is 1. The Morgan fingerprint density at radius 2 is 2.33 bits per heavy atom.